The molecule has 75 heavy (non-hydrogen) atoms. The normalized spacial score (nSPS) is 24.1. The van der Waals surface area contributed by atoms with Gasteiger partial charge in [0.05, 0.1) is 0 Å². The summed E-state index contributed by atoms with van der Waals surface area (Å²) in [6, 6.07) is 15.8. The highest BCUT2D eigenvalue weighted by atomic mass is 16.6. The fraction of sp³-hybridized carbons (Fsp3) is 0.509. The standard InChI is InChI=1S/C55H74N8O12/c1-31(2)27-42-53(71)62(9)41(29-37-21-15-11-16-22-37)49(67)60-45(33(5)6)54(72)75-35(8)46(51(69)59-44(32(3)4)50(68)57-39-25-26-43(64)63(42)52(39)70)61-47(65)34(7)56-48(66)40(28-36-19-13-10-14-20-36)58-55(73)74-30-38-23-17-12-18-24-38/h10-24,31-35,39-46,64H,25-30H2,1-9H3,(H,56,66)(H,57,68)(H,58,73)(H,59,69)(H,60,67)(H,61,65)/t34-,35+,39-,40-,41-,42-,43+,44-,45-,46-/m0/s1. The predicted molar refractivity (Wildman–Crippen MR) is 276 cm³/mol. The van der Waals surface area contributed by atoms with E-state index in [-0.39, 0.29) is 44.6 Å². The van der Waals surface area contributed by atoms with Gasteiger partial charge in [0.25, 0.3) is 0 Å². The van der Waals surface area contributed by atoms with E-state index in [9.17, 15) is 48.3 Å². The van der Waals surface area contributed by atoms with Gasteiger partial charge in [0.1, 0.15) is 67.3 Å². The third-order valence-corrected chi connectivity index (χ3v) is 13.3. The van der Waals surface area contributed by atoms with E-state index in [1.54, 1.807) is 113 Å². The molecule has 0 saturated carbocycles. The maximum absolute atomic E-state index is 14.8. The lowest BCUT2D eigenvalue weighted by atomic mass is 9.94. The lowest BCUT2D eigenvalue weighted by Crippen LogP contribution is -2.65. The van der Waals surface area contributed by atoms with Gasteiger partial charge in [0.2, 0.25) is 41.4 Å². The molecule has 406 valence electrons. The van der Waals surface area contributed by atoms with Crippen LogP contribution in [0, 0.1) is 17.8 Å². The Balaban J connectivity index is 1.48. The van der Waals surface area contributed by atoms with E-state index in [4.69, 9.17) is 9.47 Å². The topological polar surface area (TPSA) is 271 Å². The zero-order chi connectivity index (χ0) is 55.1. The lowest BCUT2D eigenvalue weighted by Gasteiger charge is -2.43. The summed E-state index contributed by atoms with van der Waals surface area (Å²) >= 11 is 0. The van der Waals surface area contributed by atoms with Crippen molar-refractivity contribution in [2.45, 2.75) is 155 Å². The highest BCUT2D eigenvalue weighted by Gasteiger charge is 2.46. The number of cyclic esters (lactones) is 1. The Morgan fingerprint density at radius 3 is 1.81 bits per heavy atom. The first-order chi connectivity index (χ1) is 35.6. The molecule has 20 heteroatoms. The molecular weight excluding hydrogens is 965 g/mol. The van der Waals surface area contributed by atoms with E-state index >= 15 is 0 Å². The molecule has 2 bridgehead atoms. The average molecular weight is 1040 g/mol. The molecule has 5 rings (SSSR count). The second-order valence-electron chi connectivity index (χ2n) is 20.4. The molecule has 0 radical (unpaired) electrons. The number of hydrogen-bond donors (Lipinski definition) is 7. The highest BCUT2D eigenvalue weighted by molar-refractivity contribution is 5.98. The molecule has 8 amide bonds. The maximum atomic E-state index is 14.8. The molecule has 10 atom stereocenters. The van der Waals surface area contributed by atoms with Gasteiger partial charge in [-0.2, -0.15) is 0 Å². The number of carbonyl (C=O) groups is 9. The molecule has 7 N–H and O–H groups in total. The Morgan fingerprint density at radius 2 is 1.24 bits per heavy atom. The molecule has 20 nitrogen and oxygen atoms in total. The van der Waals surface area contributed by atoms with Crippen LogP contribution in [0.2, 0.25) is 0 Å². The van der Waals surface area contributed by atoms with Crippen LogP contribution in [0.1, 0.15) is 91.3 Å². The van der Waals surface area contributed by atoms with Crippen molar-refractivity contribution in [3.05, 3.63) is 108 Å². The minimum absolute atomic E-state index is 0.00880. The molecule has 2 aliphatic heterocycles. The Hall–Kier alpha value is -7.35. The van der Waals surface area contributed by atoms with Gasteiger partial charge in [0.15, 0.2) is 0 Å². The lowest BCUT2D eigenvalue weighted by molar-refractivity contribution is -0.166. The number of nitrogens with zero attached hydrogens (tertiary/aromatic N) is 2. The molecule has 2 fully saturated rings. The van der Waals surface area contributed by atoms with Crippen molar-refractivity contribution >= 4 is 53.4 Å². The van der Waals surface area contributed by atoms with Gasteiger partial charge in [-0.15, -0.1) is 0 Å². The highest BCUT2D eigenvalue weighted by Crippen LogP contribution is 2.26. The molecule has 0 unspecified atom stereocenters. The fourth-order valence-corrected chi connectivity index (χ4v) is 8.94. The van der Waals surface area contributed by atoms with Gasteiger partial charge in [-0.05, 0) is 67.6 Å². The van der Waals surface area contributed by atoms with Gasteiger partial charge in [-0.25, -0.2) is 9.59 Å². The quantitative estimate of drug-likeness (QED) is 0.108. The zero-order valence-electron chi connectivity index (χ0n) is 44.2. The van der Waals surface area contributed by atoms with Crippen LogP contribution in [0.5, 0.6) is 0 Å². The summed E-state index contributed by atoms with van der Waals surface area (Å²) in [5, 5.41) is 27.3. The second-order valence-corrected chi connectivity index (χ2v) is 20.4. The predicted octanol–water partition coefficient (Wildman–Crippen LogP) is 2.65. The van der Waals surface area contributed by atoms with E-state index in [2.05, 4.69) is 31.9 Å². The van der Waals surface area contributed by atoms with Crippen molar-refractivity contribution in [2.24, 2.45) is 17.8 Å². The largest absolute Gasteiger partial charge is 0.458 e. The van der Waals surface area contributed by atoms with Crippen molar-refractivity contribution in [3.63, 3.8) is 0 Å². The number of piperidine rings is 1. The summed E-state index contributed by atoms with van der Waals surface area (Å²) in [6.45, 7) is 12.9. The Morgan fingerprint density at radius 1 is 0.680 bits per heavy atom. The number of ether oxygens (including phenoxy) is 2. The van der Waals surface area contributed by atoms with Crippen LogP contribution in [-0.2, 0) is 67.3 Å². The Labute approximate surface area is 438 Å². The number of likely N-dealkylation sites (N-methyl/N-ethyl adjacent to an activating group) is 1. The minimum Gasteiger partial charge on any atom is -0.458 e. The number of rotatable bonds is 15. The van der Waals surface area contributed by atoms with Crippen molar-refractivity contribution in [1.29, 1.82) is 0 Å². The molecule has 2 heterocycles. The van der Waals surface area contributed by atoms with E-state index < -0.39 is 126 Å². The summed E-state index contributed by atoms with van der Waals surface area (Å²) in [5.41, 5.74) is 2.07. The first-order valence-electron chi connectivity index (χ1n) is 25.6. The number of aliphatic hydroxyl groups excluding tert-OH is 1. The van der Waals surface area contributed by atoms with Gasteiger partial charge in [-0.1, -0.05) is 133 Å². The number of alkyl carbamates (subject to hydrolysis) is 1. The number of carbonyl (C=O) groups excluding carboxylic acids is 9. The van der Waals surface area contributed by atoms with Gasteiger partial charge < -0.3 is 56.3 Å². The van der Waals surface area contributed by atoms with E-state index in [1.165, 1.54) is 25.8 Å². The molecule has 0 spiro atoms. The third-order valence-electron chi connectivity index (χ3n) is 13.3. The number of nitrogens with one attached hydrogen (secondary N) is 6. The number of amides is 8. The molecule has 3 aromatic carbocycles. The minimum atomic E-state index is -1.74. The van der Waals surface area contributed by atoms with Gasteiger partial charge in [-0.3, -0.25) is 33.6 Å². The molecule has 2 aliphatic rings. The van der Waals surface area contributed by atoms with Crippen LogP contribution in [0.4, 0.5) is 4.79 Å². The van der Waals surface area contributed by atoms with Crippen LogP contribution in [0.3, 0.4) is 0 Å². The summed E-state index contributed by atoms with van der Waals surface area (Å²) in [7, 11) is 1.42. The molecular formula is C55H74N8O12. The van der Waals surface area contributed by atoms with Crippen molar-refractivity contribution < 1.29 is 57.7 Å². The number of hydrogen-bond acceptors (Lipinski definition) is 12. The van der Waals surface area contributed by atoms with Crippen LogP contribution < -0.4 is 31.9 Å². The van der Waals surface area contributed by atoms with Crippen LogP contribution >= 0.6 is 0 Å². The van der Waals surface area contributed by atoms with Gasteiger partial charge in [0, 0.05) is 19.9 Å². The first kappa shape index (κ1) is 58.5. The molecule has 0 aromatic heterocycles. The molecule has 3 aromatic rings. The van der Waals surface area contributed by atoms with E-state index in [1.807, 2.05) is 19.9 Å². The van der Waals surface area contributed by atoms with E-state index in [0.29, 0.717) is 16.7 Å². The van der Waals surface area contributed by atoms with Crippen molar-refractivity contribution in [1.82, 2.24) is 41.7 Å². The number of esters is 1. The maximum Gasteiger partial charge on any atom is 0.408 e. The smallest absolute Gasteiger partial charge is 0.408 e. The Bertz CT molecular complexity index is 2460. The van der Waals surface area contributed by atoms with E-state index in [0.717, 1.165) is 4.90 Å². The van der Waals surface area contributed by atoms with Crippen molar-refractivity contribution in [3.8, 4) is 0 Å². The number of fused-ring (bicyclic) bond motifs is 2. The summed E-state index contributed by atoms with van der Waals surface area (Å²) in [6.07, 6.45) is -3.77. The third kappa shape index (κ3) is 16.3. The van der Waals surface area contributed by atoms with Crippen LogP contribution in [0.15, 0.2) is 91.0 Å². The SMILES string of the molecule is CC(C)C[C@H]1C(=O)N(C)[C@@H](Cc2ccccc2)C(=O)N[C@@H](C(C)C)C(=O)O[C@H](C)[C@H](NC(=O)[C@H](C)NC(=O)[C@H](Cc2ccccc2)NC(=O)OCc2ccccc2)C(=O)N[C@@H](C(C)C)C(=O)N[C@H]2CC[C@@H](O)N1C2=O. The molecule has 2 saturated heterocycles. The average Bonchev–Trinajstić information content (AvgIpc) is 3.37. The van der Waals surface area contributed by atoms with Gasteiger partial charge >= 0.3 is 12.1 Å². The number of aliphatic hydroxyl groups is 1. The van der Waals surface area contributed by atoms with Crippen LogP contribution in [0.25, 0.3) is 0 Å². The van der Waals surface area contributed by atoms with Crippen molar-refractivity contribution in [2.75, 3.05) is 7.05 Å². The Kier molecular flexibility index (Phi) is 21.3. The first-order valence-corrected chi connectivity index (χ1v) is 25.6. The summed E-state index contributed by atoms with van der Waals surface area (Å²) in [4.78, 5) is 130. The summed E-state index contributed by atoms with van der Waals surface area (Å²) < 4.78 is 11.3. The zero-order valence-corrected chi connectivity index (χ0v) is 44.2. The summed E-state index contributed by atoms with van der Waals surface area (Å²) in [5.74, 6) is -8.06. The monoisotopic (exact) mass is 1040 g/mol. The fourth-order valence-electron chi connectivity index (χ4n) is 8.94. The second kappa shape index (κ2) is 27.3. The molecule has 0 aliphatic carbocycles. The van der Waals surface area contributed by atoms with Crippen LogP contribution in [-0.4, -0.2) is 136 Å². The number of benzene rings is 3.